The minimum atomic E-state index is -1.41. The van der Waals surface area contributed by atoms with Crippen LogP contribution in [0.4, 0.5) is 0 Å². The zero-order valence-electron chi connectivity index (χ0n) is 7.39. The summed E-state index contributed by atoms with van der Waals surface area (Å²) in [5, 5.41) is 18.4. The highest BCUT2D eigenvalue weighted by Crippen LogP contribution is 2.21. The maximum Gasteiger partial charge on any atom is 0.356 e. The molecule has 0 fully saturated rings. The van der Waals surface area contributed by atoms with Crippen molar-refractivity contribution in [3.8, 4) is 5.75 Å². The van der Waals surface area contributed by atoms with Gasteiger partial charge in [-0.2, -0.15) is 0 Å². The van der Waals surface area contributed by atoms with Crippen molar-refractivity contribution in [2.24, 2.45) is 0 Å². The van der Waals surface area contributed by atoms with Gasteiger partial charge in [-0.15, -0.1) is 0 Å². The number of nitrogens with zero attached hydrogens (tertiary/aromatic N) is 1. The lowest BCUT2D eigenvalue weighted by molar-refractivity contribution is 0.0687. The summed E-state index contributed by atoms with van der Waals surface area (Å²) in [6.07, 6.45) is 1.37. The Kier molecular flexibility index (Phi) is 1.89. The molecule has 0 aromatic carbocycles. The highest BCUT2D eigenvalue weighted by molar-refractivity contribution is 5.96. The van der Waals surface area contributed by atoms with Crippen LogP contribution >= 0.6 is 0 Å². The van der Waals surface area contributed by atoms with Gasteiger partial charge in [-0.1, -0.05) is 0 Å². The average molecular weight is 206 g/mol. The third kappa shape index (κ3) is 1.32. The molecule has 6 nitrogen and oxygen atoms in total. The van der Waals surface area contributed by atoms with Crippen molar-refractivity contribution in [1.29, 1.82) is 0 Å². The second kappa shape index (κ2) is 3.09. The van der Waals surface area contributed by atoms with Gasteiger partial charge in [0.05, 0.1) is 5.39 Å². The second-order valence-electron chi connectivity index (χ2n) is 2.88. The summed E-state index contributed by atoms with van der Waals surface area (Å²) in [7, 11) is 0. The van der Waals surface area contributed by atoms with Crippen LogP contribution in [-0.2, 0) is 0 Å². The first kappa shape index (κ1) is 9.20. The number of fused-ring (bicyclic) bond motifs is 1. The molecule has 0 aliphatic rings. The lowest BCUT2D eigenvalue weighted by atomic mass is 10.2. The van der Waals surface area contributed by atoms with E-state index in [0.717, 1.165) is 0 Å². The van der Waals surface area contributed by atoms with Crippen molar-refractivity contribution in [2.75, 3.05) is 0 Å². The zero-order chi connectivity index (χ0) is 11.0. The standard InChI is InChI=1S/C9H6N2O4/c12-7-5-4(2-1-3-10-5)8(13)11-6(7)9(14)15/h1-3,12H,(H,11,13)(H,14,15). The van der Waals surface area contributed by atoms with E-state index < -0.39 is 23.0 Å². The number of carbonyl (C=O) groups is 1. The van der Waals surface area contributed by atoms with Crippen LogP contribution in [0.25, 0.3) is 10.9 Å². The molecule has 2 aromatic heterocycles. The number of aromatic nitrogens is 2. The molecule has 2 heterocycles. The van der Waals surface area contributed by atoms with Gasteiger partial charge in [0.25, 0.3) is 5.56 Å². The summed E-state index contributed by atoms with van der Waals surface area (Å²) >= 11 is 0. The predicted molar refractivity (Wildman–Crippen MR) is 51.0 cm³/mol. The number of pyridine rings is 2. The van der Waals surface area contributed by atoms with Crippen LogP contribution in [0.2, 0.25) is 0 Å². The van der Waals surface area contributed by atoms with Crippen LogP contribution < -0.4 is 5.56 Å². The molecule has 0 aliphatic heterocycles. The fourth-order valence-electron chi connectivity index (χ4n) is 1.29. The molecule has 0 amide bonds. The van der Waals surface area contributed by atoms with E-state index in [1.807, 2.05) is 0 Å². The van der Waals surface area contributed by atoms with Crippen molar-refractivity contribution in [1.82, 2.24) is 9.97 Å². The van der Waals surface area contributed by atoms with Gasteiger partial charge >= 0.3 is 5.97 Å². The fourth-order valence-corrected chi connectivity index (χ4v) is 1.29. The first-order valence-corrected chi connectivity index (χ1v) is 4.04. The number of rotatable bonds is 1. The van der Waals surface area contributed by atoms with Crippen LogP contribution in [0.3, 0.4) is 0 Å². The number of aromatic carboxylic acids is 1. The van der Waals surface area contributed by atoms with Crippen molar-refractivity contribution >= 4 is 16.9 Å². The Morgan fingerprint density at radius 2 is 2.20 bits per heavy atom. The number of aromatic hydroxyl groups is 1. The fraction of sp³-hybridized carbons (Fsp3) is 0. The Bertz CT molecular complexity index is 603. The maximum atomic E-state index is 11.4. The first-order chi connectivity index (χ1) is 7.11. The quantitative estimate of drug-likeness (QED) is 0.623. The number of H-pyrrole nitrogens is 1. The Balaban J connectivity index is 2.97. The topological polar surface area (TPSA) is 103 Å². The average Bonchev–Trinajstić information content (AvgIpc) is 2.23. The van der Waals surface area contributed by atoms with Crippen molar-refractivity contribution < 1.29 is 15.0 Å². The third-order valence-corrected chi connectivity index (χ3v) is 1.97. The molecular weight excluding hydrogens is 200 g/mol. The van der Waals surface area contributed by atoms with Crippen LogP contribution in [0.5, 0.6) is 5.75 Å². The van der Waals surface area contributed by atoms with E-state index in [0.29, 0.717) is 0 Å². The van der Waals surface area contributed by atoms with Gasteiger partial charge in [0.15, 0.2) is 11.4 Å². The van der Waals surface area contributed by atoms with Crippen LogP contribution in [0.15, 0.2) is 23.1 Å². The summed E-state index contributed by atoms with van der Waals surface area (Å²) in [6.45, 7) is 0. The van der Waals surface area contributed by atoms with E-state index in [2.05, 4.69) is 9.97 Å². The molecule has 0 aliphatic carbocycles. The van der Waals surface area contributed by atoms with Crippen LogP contribution in [-0.4, -0.2) is 26.2 Å². The van der Waals surface area contributed by atoms with Crippen LogP contribution in [0.1, 0.15) is 10.5 Å². The number of aromatic amines is 1. The summed E-state index contributed by atoms with van der Waals surface area (Å²) in [5.41, 5.74) is -1.15. The summed E-state index contributed by atoms with van der Waals surface area (Å²) < 4.78 is 0. The minimum absolute atomic E-state index is 0.0151. The highest BCUT2D eigenvalue weighted by Gasteiger charge is 2.16. The van der Waals surface area contributed by atoms with E-state index in [-0.39, 0.29) is 10.9 Å². The van der Waals surface area contributed by atoms with E-state index >= 15 is 0 Å². The zero-order valence-corrected chi connectivity index (χ0v) is 7.39. The maximum absolute atomic E-state index is 11.4. The molecule has 15 heavy (non-hydrogen) atoms. The number of hydrogen-bond acceptors (Lipinski definition) is 4. The number of hydrogen-bond donors (Lipinski definition) is 3. The summed E-state index contributed by atoms with van der Waals surface area (Å²) in [6, 6.07) is 2.98. The molecule has 0 saturated carbocycles. The van der Waals surface area contributed by atoms with Gasteiger partial charge in [0, 0.05) is 6.20 Å². The molecule has 0 atom stereocenters. The van der Waals surface area contributed by atoms with Crippen molar-refractivity contribution in [3.05, 3.63) is 34.4 Å². The molecule has 6 heteroatoms. The predicted octanol–water partition coefficient (Wildman–Crippen LogP) is 0.327. The lowest BCUT2D eigenvalue weighted by Gasteiger charge is -2.02. The normalized spacial score (nSPS) is 10.4. The first-order valence-electron chi connectivity index (χ1n) is 4.04. The largest absolute Gasteiger partial charge is 0.504 e. The molecule has 2 aromatic rings. The minimum Gasteiger partial charge on any atom is -0.504 e. The molecule has 2 rings (SSSR count). The van der Waals surface area contributed by atoms with Crippen LogP contribution in [0, 0.1) is 0 Å². The second-order valence-corrected chi connectivity index (χ2v) is 2.88. The SMILES string of the molecule is O=C(O)c1[nH]c(=O)c2cccnc2c1O. The van der Waals surface area contributed by atoms with E-state index in [4.69, 9.17) is 5.11 Å². The molecule has 0 saturated heterocycles. The third-order valence-electron chi connectivity index (χ3n) is 1.97. The number of carboxylic acids is 1. The van der Waals surface area contributed by atoms with Gasteiger partial charge in [0.1, 0.15) is 5.52 Å². The number of nitrogens with one attached hydrogen (secondary N) is 1. The molecule has 3 N–H and O–H groups in total. The Morgan fingerprint density at radius 3 is 2.87 bits per heavy atom. The molecular formula is C9H6N2O4. The smallest absolute Gasteiger partial charge is 0.356 e. The Hall–Kier alpha value is -2.37. The molecule has 0 spiro atoms. The lowest BCUT2D eigenvalue weighted by Crippen LogP contribution is -2.13. The van der Waals surface area contributed by atoms with Crippen molar-refractivity contribution in [3.63, 3.8) is 0 Å². The molecule has 76 valence electrons. The van der Waals surface area contributed by atoms with Crippen molar-refractivity contribution in [2.45, 2.75) is 0 Å². The summed E-state index contributed by atoms with van der Waals surface area (Å²) in [4.78, 5) is 27.9. The monoisotopic (exact) mass is 206 g/mol. The van der Waals surface area contributed by atoms with Gasteiger partial charge < -0.3 is 15.2 Å². The molecule has 0 radical (unpaired) electrons. The van der Waals surface area contributed by atoms with Gasteiger partial charge in [-0.3, -0.25) is 9.78 Å². The molecule has 0 unspecified atom stereocenters. The van der Waals surface area contributed by atoms with Gasteiger partial charge in [0.2, 0.25) is 0 Å². The van der Waals surface area contributed by atoms with E-state index in [9.17, 15) is 14.7 Å². The number of carboxylic acid groups (broad SMARTS) is 1. The highest BCUT2D eigenvalue weighted by atomic mass is 16.4. The molecule has 0 bridgehead atoms. The van der Waals surface area contributed by atoms with E-state index in [1.165, 1.54) is 18.3 Å². The van der Waals surface area contributed by atoms with Gasteiger partial charge in [-0.05, 0) is 12.1 Å². The van der Waals surface area contributed by atoms with E-state index in [1.54, 1.807) is 0 Å². The summed E-state index contributed by atoms with van der Waals surface area (Å²) in [5.74, 6) is -1.94. The Morgan fingerprint density at radius 1 is 1.47 bits per heavy atom. The Labute approximate surface area is 82.8 Å². The van der Waals surface area contributed by atoms with Gasteiger partial charge in [-0.25, -0.2) is 4.79 Å².